The van der Waals surface area contributed by atoms with E-state index in [2.05, 4.69) is 5.10 Å². The quantitative estimate of drug-likeness (QED) is 0.179. The van der Waals surface area contributed by atoms with Crippen molar-refractivity contribution >= 4 is 5.78 Å². The number of benzene rings is 2. The second-order valence-electron chi connectivity index (χ2n) is 5.80. The molecule has 0 fully saturated rings. The van der Waals surface area contributed by atoms with Crippen LogP contribution >= 0.6 is 0 Å². The maximum Gasteiger partial charge on any atom is 0.283 e. The molecule has 0 atom stereocenters. The standard InChI is InChI=1S/C17H4F10N2O2.Mn/c18-4-1-3(2-5(19)7(4)20)15(30)6-13(16(26)27)28-29(17(6)31)14-11(24)9(22)8(21)10(23)12(14)25;/h1-2,16,31H;. The van der Waals surface area contributed by atoms with Gasteiger partial charge >= 0.3 is 0 Å². The van der Waals surface area contributed by atoms with Crippen molar-refractivity contribution in [2.75, 3.05) is 0 Å². The number of hydrogen-bond acceptors (Lipinski definition) is 3. The number of aromatic nitrogens is 2. The van der Waals surface area contributed by atoms with Gasteiger partial charge < -0.3 is 5.11 Å². The molecule has 15 heteroatoms. The average molecular weight is 513 g/mol. The van der Waals surface area contributed by atoms with Gasteiger partial charge in [-0.25, -0.2) is 43.9 Å². The van der Waals surface area contributed by atoms with E-state index in [0.29, 0.717) is 0 Å². The second kappa shape index (κ2) is 8.82. The summed E-state index contributed by atoms with van der Waals surface area (Å²) in [5, 5.41) is 12.9. The molecule has 0 aliphatic heterocycles. The fraction of sp³-hybridized carbons (Fsp3) is 0.0588. The maximum absolute atomic E-state index is 14.0. The van der Waals surface area contributed by atoms with Gasteiger partial charge in [0.2, 0.25) is 17.5 Å². The third kappa shape index (κ3) is 3.81. The Kier molecular flexibility index (Phi) is 6.95. The van der Waals surface area contributed by atoms with Crippen molar-refractivity contribution in [3.05, 3.63) is 75.5 Å². The zero-order valence-electron chi connectivity index (χ0n) is 14.6. The van der Waals surface area contributed by atoms with E-state index in [1.165, 1.54) is 0 Å². The first-order valence-corrected chi connectivity index (χ1v) is 7.69. The van der Waals surface area contributed by atoms with Crippen LogP contribution in [0.3, 0.4) is 0 Å². The van der Waals surface area contributed by atoms with Crippen LogP contribution in [-0.4, -0.2) is 20.7 Å². The molecular formula is C17H4F10MnN2O2. The zero-order chi connectivity index (χ0) is 23.4. The molecule has 32 heavy (non-hydrogen) atoms. The van der Waals surface area contributed by atoms with Crippen molar-refractivity contribution in [2.45, 2.75) is 6.43 Å². The van der Waals surface area contributed by atoms with E-state index >= 15 is 0 Å². The molecule has 4 nitrogen and oxygen atoms in total. The topological polar surface area (TPSA) is 55.1 Å². The van der Waals surface area contributed by atoms with Gasteiger partial charge in [0.05, 0.1) is 0 Å². The minimum absolute atomic E-state index is 0. The number of ketones is 1. The Balaban J connectivity index is 0.00000363. The third-order valence-corrected chi connectivity index (χ3v) is 3.97. The van der Waals surface area contributed by atoms with Crippen LogP contribution < -0.4 is 0 Å². The van der Waals surface area contributed by atoms with E-state index in [1.54, 1.807) is 0 Å². The fourth-order valence-electron chi connectivity index (χ4n) is 2.56. The van der Waals surface area contributed by atoms with Crippen LogP contribution in [0.1, 0.15) is 28.0 Å². The Morgan fingerprint density at radius 1 is 0.812 bits per heavy atom. The van der Waals surface area contributed by atoms with Crippen LogP contribution in [0.5, 0.6) is 5.88 Å². The normalized spacial score (nSPS) is 11.1. The van der Waals surface area contributed by atoms with Crippen molar-refractivity contribution < 1.29 is 70.9 Å². The molecule has 1 aromatic heterocycles. The van der Waals surface area contributed by atoms with Gasteiger partial charge in [0, 0.05) is 22.6 Å². The van der Waals surface area contributed by atoms with E-state index < -0.39 is 91.8 Å². The Labute approximate surface area is 180 Å². The predicted octanol–water partition coefficient (Wildman–Crippen LogP) is 4.86. The van der Waals surface area contributed by atoms with Crippen LogP contribution in [0.15, 0.2) is 12.1 Å². The van der Waals surface area contributed by atoms with Crippen LogP contribution in [0, 0.1) is 46.5 Å². The SMILES string of the molecule is O=C(c1cc(F)c(F)c(F)c1)c1c(C(F)F)nn(-c2c(F)c(F)c(F)c(F)c2F)c1O.[Mn]. The molecule has 0 saturated heterocycles. The molecule has 1 radical (unpaired) electrons. The van der Waals surface area contributed by atoms with E-state index in [0.717, 1.165) is 0 Å². The Bertz CT molecular complexity index is 1190. The molecule has 0 aliphatic rings. The number of hydrogen-bond donors (Lipinski definition) is 1. The van der Waals surface area contributed by atoms with Crippen molar-refractivity contribution in [3.63, 3.8) is 0 Å². The van der Waals surface area contributed by atoms with Gasteiger partial charge in [0.15, 0.2) is 40.7 Å². The molecular weight excluding hydrogens is 509 g/mol. The largest absolute Gasteiger partial charge is 0.493 e. The first-order chi connectivity index (χ1) is 14.4. The molecule has 1 N–H and O–H groups in total. The van der Waals surface area contributed by atoms with Gasteiger partial charge in [-0.2, -0.15) is 9.78 Å². The average Bonchev–Trinajstić information content (AvgIpc) is 3.05. The number of rotatable bonds is 4. The van der Waals surface area contributed by atoms with Crippen LogP contribution in [0.4, 0.5) is 43.9 Å². The first-order valence-electron chi connectivity index (χ1n) is 7.69. The van der Waals surface area contributed by atoms with E-state index in [9.17, 15) is 53.8 Å². The van der Waals surface area contributed by atoms with Crippen molar-refractivity contribution in [2.24, 2.45) is 0 Å². The smallest absolute Gasteiger partial charge is 0.283 e. The van der Waals surface area contributed by atoms with Gasteiger partial charge in [0.25, 0.3) is 6.43 Å². The zero-order valence-corrected chi connectivity index (χ0v) is 15.8. The Morgan fingerprint density at radius 2 is 1.25 bits per heavy atom. The number of carbonyl (C=O) groups excluding carboxylic acids is 1. The summed E-state index contributed by atoms with van der Waals surface area (Å²) >= 11 is 0. The molecule has 0 bridgehead atoms. The maximum atomic E-state index is 14.0. The monoisotopic (exact) mass is 513 g/mol. The molecule has 0 saturated carbocycles. The predicted molar refractivity (Wildman–Crippen MR) is 79.7 cm³/mol. The summed E-state index contributed by atoms with van der Waals surface area (Å²) in [5.41, 5.74) is -6.45. The van der Waals surface area contributed by atoms with E-state index in [4.69, 9.17) is 0 Å². The van der Waals surface area contributed by atoms with Crippen molar-refractivity contribution in [3.8, 4) is 11.6 Å². The molecule has 3 rings (SSSR count). The second-order valence-corrected chi connectivity index (χ2v) is 5.80. The van der Waals surface area contributed by atoms with E-state index in [1.807, 2.05) is 0 Å². The summed E-state index contributed by atoms with van der Waals surface area (Å²) in [6.07, 6.45) is -3.78. The fourth-order valence-corrected chi connectivity index (χ4v) is 2.56. The summed E-state index contributed by atoms with van der Waals surface area (Å²) in [7, 11) is 0. The van der Waals surface area contributed by atoms with Gasteiger partial charge in [-0.15, -0.1) is 0 Å². The van der Waals surface area contributed by atoms with Crippen molar-refractivity contribution in [1.29, 1.82) is 0 Å². The summed E-state index contributed by atoms with van der Waals surface area (Å²) in [6.45, 7) is 0. The molecule has 2 aromatic carbocycles. The first kappa shape index (κ1) is 25.2. The summed E-state index contributed by atoms with van der Waals surface area (Å²) < 4.78 is 134. The molecule has 0 aliphatic carbocycles. The van der Waals surface area contributed by atoms with Gasteiger partial charge in [-0.05, 0) is 12.1 Å². The molecule has 0 amide bonds. The number of carbonyl (C=O) groups is 1. The van der Waals surface area contributed by atoms with Gasteiger partial charge in [-0.3, -0.25) is 4.79 Å². The van der Waals surface area contributed by atoms with Crippen molar-refractivity contribution in [1.82, 2.24) is 9.78 Å². The number of nitrogens with zero attached hydrogens (tertiary/aromatic N) is 2. The van der Waals surface area contributed by atoms with Crippen LogP contribution in [0.2, 0.25) is 0 Å². The summed E-state index contributed by atoms with van der Waals surface area (Å²) in [5.74, 6) is -22.3. The summed E-state index contributed by atoms with van der Waals surface area (Å²) in [4.78, 5) is 12.4. The Morgan fingerprint density at radius 3 is 1.69 bits per heavy atom. The van der Waals surface area contributed by atoms with Gasteiger partial charge in [0.1, 0.15) is 16.9 Å². The minimum atomic E-state index is -3.78. The number of alkyl halides is 2. The third-order valence-electron chi connectivity index (χ3n) is 3.97. The number of halogens is 10. The molecule has 0 unspecified atom stereocenters. The molecule has 171 valence electrons. The van der Waals surface area contributed by atoms with Crippen LogP contribution in [-0.2, 0) is 17.1 Å². The Hall–Kier alpha value is -3.06. The number of aromatic hydroxyl groups is 1. The summed E-state index contributed by atoms with van der Waals surface area (Å²) in [6, 6.07) is 0.121. The molecule has 1 heterocycles. The van der Waals surface area contributed by atoms with Crippen LogP contribution in [0.25, 0.3) is 5.69 Å². The van der Waals surface area contributed by atoms with Gasteiger partial charge in [-0.1, -0.05) is 0 Å². The minimum Gasteiger partial charge on any atom is -0.493 e. The van der Waals surface area contributed by atoms with E-state index in [-0.39, 0.29) is 29.2 Å². The molecule has 3 aromatic rings. The molecule has 0 spiro atoms.